The van der Waals surface area contributed by atoms with Crippen LogP contribution in [0.15, 0.2) is 48.1 Å². The highest BCUT2D eigenvalue weighted by Gasteiger charge is 2.56. The van der Waals surface area contributed by atoms with E-state index in [4.69, 9.17) is 18.6 Å². The zero-order valence-corrected chi connectivity index (χ0v) is 18.6. The van der Waals surface area contributed by atoms with Crippen molar-refractivity contribution in [3.05, 3.63) is 53.6 Å². The second-order valence-corrected chi connectivity index (χ2v) is 14.4. The van der Waals surface area contributed by atoms with Crippen LogP contribution in [0.4, 0.5) is 0 Å². The van der Waals surface area contributed by atoms with Gasteiger partial charge in [0.2, 0.25) is 0 Å². The fourth-order valence-electron chi connectivity index (χ4n) is 4.09. The summed E-state index contributed by atoms with van der Waals surface area (Å²) in [6.07, 6.45) is 1.40. The maximum absolute atomic E-state index is 6.62. The zero-order chi connectivity index (χ0) is 20.1. The smallest absolute Gasteiger partial charge is 0.195 e. The molecule has 0 saturated carbocycles. The monoisotopic (exact) mass is 400 g/mol. The molecule has 1 aromatic rings. The van der Waals surface area contributed by atoms with Crippen LogP contribution in [0.2, 0.25) is 18.1 Å². The third-order valence-corrected chi connectivity index (χ3v) is 11.1. The Labute approximate surface area is 169 Å². The summed E-state index contributed by atoms with van der Waals surface area (Å²) < 4.78 is 25.2. The zero-order valence-electron chi connectivity index (χ0n) is 17.6. The fraction of sp³-hybridized carbons (Fsp3) is 0.565. The minimum absolute atomic E-state index is 0.104. The number of fused-ring (bicyclic) bond motifs is 3. The van der Waals surface area contributed by atoms with Crippen LogP contribution < -0.4 is 0 Å². The van der Waals surface area contributed by atoms with E-state index in [0.717, 1.165) is 5.57 Å². The molecule has 0 bridgehead atoms. The molecule has 0 aromatic heterocycles. The lowest BCUT2D eigenvalue weighted by atomic mass is 9.78. The molecule has 5 atom stereocenters. The summed E-state index contributed by atoms with van der Waals surface area (Å²) in [6.45, 7) is 16.7. The molecule has 3 aliphatic rings. The molecule has 1 aromatic carbocycles. The molecule has 3 aliphatic heterocycles. The van der Waals surface area contributed by atoms with E-state index >= 15 is 0 Å². The first kappa shape index (κ1) is 20.0. The summed E-state index contributed by atoms with van der Waals surface area (Å²) in [5, 5.41) is 0.104. The number of benzene rings is 1. The van der Waals surface area contributed by atoms with Gasteiger partial charge in [-0.1, -0.05) is 63.8 Å². The van der Waals surface area contributed by atoms with Gasteiger partial charge in [-0.2, -0.15) is 0 Å². The van der Waals surface area contributed by atoms with Gasteiger partial charge in [0.1, 0.15) is 6.10 Å². The molecule has 0 radical (unpaired) electrons. The highest BCUT2D eigenvalue weighted by atomic mass is 28.4. The highest BCUT2D eigenvalue weighted by molar-refractivity contribution is 6.74. The van der Waals surface area contributed by atoms with Gasteiger partial charge in [-0.25, -0.2) is 0 Å². The van der Waals surface area contributed by atoms with E-state index in [9.17, 15) is 0 Å². The van der Waals surface area contributed by atoms with Crippen LogP contribution >= 0.6 is 0 Å². The van der Waals surface area contributed by atoms with Crippen LogP contribution in [0.25, 0.3) is 6.08 Å². The summed E-state index contributed by atoms with van der Waals surface area (Å²) >= 11 is 0. The molecule has 0 amide bonds. The predicted octanol–water partition coefficient (Wildman–Crippen LogP) is 4.99. The molecule has 4 rings (SSSR count). The van der Waals surface area contributed by atoms with Crippen LogP contribution in [0.1, 0.15) is 26.3 Å². The maximum atomic E-state index is 6.62. The Morgan fingerprint density at radius 3 is 2.46 bits per heavy atom. The van der Waals surface area contributed by atoms with Gasteiger partial charge in [0.15, 0.2) is 20.9 Å². The van der Waals surface area contributed by atoms with E-state index in [1.807, 2.05) is 6.07 Å². The first-order valence-electron chi connectivity index (χ1n) is 10.2. The molecule has 152 valence electrons. The van der Waals surface area contributed by atoms with Crippen LogP contribution in [-0.4, -0.2) is 40.2 Å². The molecule has 28 heavy (non-hydrogen) atoms. The van der Waals surface area contributed by atoms with Gasteiger partial charge >= 0.3 is 0 Å². The standard InChI is InChI=1S/C23H32O4Si/c1-15-13-24-20-18(15)19-17(12-16-10-8-7-9-11-16)14-25-21(19)26-22(20)27-28(5,6)23(2,3)4/h7-12,18-22H,1,13-14H2,2-6H3/b17-12+/t18-,19+,20-,21-,22+/m0/s1. The van der Waals surface area contributed by atoms with Gasteiger partial charge in [-0.05, 0) is 34.8 Å². The van der Waals surface area contributed by atoms with E-state index in [0.29, 0.717) is 13.2 Å². The third-order valence-electron chi connectivity index (χ3n) is 6.71. The van der Waals surface area contributed by atoms with E-state index in [1.54, 1.807) is 0 Å². The van der Waals surface area contributed by atoms with Crippen LogP contribution in [0.3, 0.4) is 0 Å². The van der Waals surface area contributed by atoms with E-state index < -0.39 is 14.6 Å². The number of rotatable bonds is 3. The van der Waals surface area contributed by atoms with Gasteiger partial charge in [0.05, 0.1) is 13.2 Å². The van der Waals surface area contributed by atoms with Crippen molar-refractivity contribution >= 4 is 14.4 Å². The van der Waals surface area contributed by atoms with Gasteiger partial charge in [-0.15, -0.1) is 0 Å². The molecule has 0 unspecified atom stereocenters. The first-order valence-corrected chi connectivity index (χ1v) is 13.1. The van der Waals surface area contributed by atoms with Gasteiger partial charge < -0.3 is 18.6 Å². The van der Waals surface area contributed by atoms with Crippen molar-refractivity contribution in [1.29, 1.82) is 0 Å². The summed E-state index contributed by atoms with van der Waals surface area (Å²) in [6, 6.07) is 10.4. The molecule has 0 spiro atoms. The quantitative estimate of drug-likeness (QED) is 0.529. The molecule has 3 fully saturated rings. The topological polar surface area (TPSA) is 36.9 Å². The van der Waals surface area contributed by atoms with Crippen molar-refractivity contribution in [2.45, 2.75) is 57.6 Å². The van der Waals surface area contributed by atoms with Crippen molar-refractivity contribution in [2.24, 2.45) is 11.8 Å². The van der Waals surface area contributed by atoms with Crippen molar-refractivity contribution in [3.63, 3.8) is 0 Å². The molecule has 3 heterocycles. The lowest BCUT2D eigenvalue weighted by Crippen LogP contribution is -2.55. The number of hydrogen-bond donors (Lipinski definition) is 0. The molecule has 5 heteroatoms. The molecule has 3 saturated heterocycles. The summed E-state index contributed by atoms with van der Waals surface area (Å²) in [5.41, 5.74) is 3.56. The second kappa shape index (κ2) is 7.22. The summed E-state index contributed by atoms with van der Waals surface area (Å²) in [5.74, 6) is 0.311. The summed E-state index contributed by atoms with van der Waals surface area (Å²) in [7, 11) is -2.00. The fourth-order valence-corrected chi connectivity index (χ4v) is 5.22. The Balaban J connectivity index is 1.61. The number of ether oxygens (including phenoxy) is 3. The average Bonchev–Trinajstić information content (AvgIpc) is 3.19. The Morgan fingerprint density at radius 2 is 1.79 bits per heavy atom. The third kappa shape index (κ3) is 3.55. The van der Waals surface area contributed by atoms with Crippen molar-refractivity contribution in [1.82, 2.24) is 0 Å². The largest absolute Gasteiger partial charge is 0.390 e. The van der Waals surface area contributed by atoms with Crippen LogP contribution in [0.5, 0.6) is 0 Å². The second-order valence-electron chi connectivity index (χ2n) is 9.68. The normalized spacial score (nSPS) is 34.5. The molecule has 0 aliphatic carbocycles. The highest BCUT2D eigenvalue weighted by Crippen LogP contribution is 2.50. The van der Waals surface area contributed by atoms with Gasteiger partial charge in [0, 0.05) is 11.8 Å². The lowest BCUT2D eigenvalue weighted by molar-refractivity contribution is -0.283. The Bertz CT molecular complexity index is 765. The minimum Gasteiger partial charge on any atom is -0.390 e. The average molecular weight is 401 g/mol. The number of hydrogen-bond acceptors (Lipinski definition) is 4. The van der Waals surface area contributed by atoms with Crippen molar-refractivity contribution in [3.8, 4) is 0 Å². The first-order chi connectivity index (χ1) is 13.2. The molecular weight excluding hydrogens is 368 g/mol. The molecule has 4 nitrogen and oxygen atoms in total. The molecule has 0 N–H and O–H groups in total. The van der Waals surface area contributed by atoms with Gasteiger partial charge in [-0.3, -0.25) is 0 Å². The Morgan fingerprint density at radius 1 is 1.07 bits per heavy atom. The van der Waals surface area contributed by atoms with Crippen molar-refractivity contribution in [2.75, 3.05) is 13.2 Å². The predicted molar refractivity (Wildman–Crippen MR) is 113 cm³/mol. The van der Waals surface area contributed by atoms with Crippen LogP contribution in [0, 0.1) is 11.8 Å². The lowest BCUT2D eigenvalue weighted by Gasteiger charge is -2.45. The minimum atomic E-state index is -2.00. The van der Waals surface area contributed by atoms with E-state index in [2.05, 4.69) is 70.8 Å². The van der Waals surface area contributed by atoms with E-state index in [-0.39, 0.29) is 29.3 Å². The Kier molecular flexibility index (Phi) is 5.17. The summed E-state index contributed by atoms with van der Waals surface area (Å²) in [4.78, 5) is 0. The van der Waals surface area contributed by atoms with Crippen molar-refractivity contribution < 1.29 is 18.6 Å². The SMILES string of the molecule is C=C1CO[C@@H]2[C@@H](O[Si](C)(C)C(C)(C)C)O[C@@H]3OC/C(=C\c4ccccc4)[C@@H]3[C@H]12. The van der Waals surface area contributed by atoms with Crippen LogP contribution in [-0.2, 0) is 18.6 Å². The van der Waals surface area contributed by atoms with E-state index in [1.165, 1.54) is 11.1 Å². The Hall–Kier alpha value is -1.24. The maximum Gasteiger partial charge on any atom is 0.195 e. The molecular formula is C23H32O4Si. The van der Waals surface area contributed by atoms with Gasteiger partial charge in [0.25, 0.3) is 0 Å².